The van der Waals surface area contributed by atoms with E-state index >= 15 is 0 Å². The minimum absolute atomic E-state index is 0.0951. The number of aromatic nitrogens is 3. The molecule has 2 amide bonds. The second kappa shape index (κ2) is 14.3. The standard InChI is InChI=1S/C35H34N6O4S/c42-32(43)14-18-46-22-23-7-6-8-24(19-23)33(44)37-28-12-11-26(41-16-4-1-5-17-41)21-27(28)31-20-25(13-15-36-31)34(45)40-35-38-29-9-2-3-10-30(29)39-35/h2-3,6-13,15,19-21H,1,4-5,14,16-18,22H2,(H,37,44)(H,42,43)(H2,38,39,40,45). The molecule has 1 fully saturated rings. The molecule has 3 heterocycles. The molecule has 2 aromatic heterocycles. The normalized spacial score (nSPS) is 13.0. The molecule has 0 radical (unpaired) electrons. The fourth-order valence-electron chi connectivity index (χ4n) is 5.46. The molecule has 0 atom stereocenters. The highest BCUT2D eigenvalue weighted by molar-refractivity contribution is 7.98. The van der Waals surface area contributed by atoms with Gasteiger partial charge in [0.15, 0.2) is 0 Å². The number of carbonyl (C=O) groups is 3. The van der Waals surface area contributed by atoms with Crippen molar-refractivity contribution in [2.45, 2.75) is 31.4 Å². The van der Waals surface area contributed by atoms with Gasteiger partial charge >= 0.3 is 5.97 Å². The Morgan fingerprint density at radius 1 is 0.870 bits per heavy atom. The van der Waals surface area contributed by atoms with Gasteiger partial charge in [-0.05, 0) is 79.4 Å². The van der Waals surface area contributed by atoms with Gasteiger partial charge in [0, 0.05) is 53.2 Å². The van der Waals surface area contributed by atoms with Crippen molar-refractivity contribution in [1.82, 2.24) is 15.0 Å². The van der Waals surface area contributed by atoms with Crippen molar-refractivity contribution in [3.8, 4) is 11.3 Å². The number of nitrogens with one attached hydrogen (secondary N) is 3. The molecule has 0 unspecified atom stereocenters. The van der Waals surface area contributed by atoms with Crippen LogP contribution in [0.15, 0.2) is 85.1 Å². The number of hydrogen-bond acceptors (Lipinski definition) is 7. The van der Waals surface area contributed by atoms with E-state index in [-0.39, 0.29) is 18.2 Å². The molecule has 0 spiro atoms. The third-order valence-corrected chi connectivity index (χ3v) is 8.84. The van der Waals surface area contributed by atoms with Crippen LogP contribution in [0, 0.1) is 0 Å². The average molecular weight is 635 g/mol. The van der Waals surface area contributed by atoms with E-state index in [2.05, 4.69) is 30.5 Å². The van der Waals surface area contributed by atoms with Crippen molar-refractivity contribution in [2.75, 3.05) is 34.4 Å². The van der Waals surface area contributed by atoms with Gasteiger partial charge in [0.05, 0.1) is 28.8 Å². The van der Waals surface area contributed by atoms with E-state index in [9.17, 15) is 14.4 Å². The minimum atomic E-state index is -0.824. The predicted molar refractivity (Wildman–Crippen MR) is 183 cm³/mol. The van der Waals surface area contributed by atoms with Crippen LogP contribution in [0.5, 0.6) is 0 Å². The predicted octanol–water partition coefficient (Wildman–Crippen LogP) is 6.83. The summed E-state index contributed by atoms with van der Waals surface area (Å²) >= 11 is 1.51. The number of para-hydroxylation sites is 2. The molecule has 1 saturated heterocycles. The summed E-state index contributed by atoms with van der Waals surface area (Å²) in [6.07, 6.45) is 5.13. The monoisotopic (exact) mass is 634 g/mol. The van der Waals surface area contributed by atoms with Gasteiger partial charge in [-0.15, -0.1) is 0 Å². The molecule has 4 N–H and O–H groups in total. The number of fused-ring (bicyclic) bond motifs is 1. The SMILES string of the molecule is O=C(O)CCSCc1cccc(C(=O)Nc2ccc(N3CCCCC3)cc2-c2cc(C(=O)Nc3nc4ccccc4[nH]3)ccn2)c1. The van der Waals surface area contributed by atoms with Gasteiger partial charge in [0.25, 0.3) is 11.8 Å². The molecule has 234 valence electrons. The Labute approximate surface area is 270 Å². The average Bonchev–Trinajstić information content (AvgIpc) is 3.50. The van der Waals surface area contributed by atoms with Crippen molar-refractivity contribution in [1.29, 1.82) is 0 Å². The molecule has 6 rings (SSSR count). The number of pyridine rings is 1. The van der Waals surface area contributed by atoms with E-state index in [1.54, 1.807) is 24.4 Å². The van der Waals surface area contributed by atoms with Crippen LogP contribution < -0.4 is 15.5 Å². The van der Waals surface area contributed by atoms with Gasteiger partial charge < -0.3 is 20.3 Å². The zero-order valence-electron chi connectivity index (χ0n) is 25.2. The summed E-state index contributed by atoms with van der Waals surface area (Å²) in [4.78, 5) is 52.1. The quantitative estimate of drug-likeness (QED) is 0.116. The maximum absolute atomic E-state index is 13.5. The van der Waals surface area contributed by atoms with Gasteiger partial charge in [-0.3, -0.25) is 24.7 Å². The first-order valence-corrected chi connectivity index (χ1v) is 16.4. The minimum Gasteiger partial charge on any atom is -0.481 e. The summed E-state index contributed by atoms with van der Waals surface area (Å²) in [5.74, 6) is 0.0288. The van der Waals surface area contributed by atoms with E-state index in [4.69, 9.17) is 5.11 Å². The molecule has 0 bridgehead atoms. The van der Waals surface area contributed by atoms with E-state index in [1.807, 2.05) is 60.7 Å². The molecular formula is C35H34N6O4S. The Kier molecular flexibility index (Phi) is 9.59. The molecule has 0 aliphatic carbocycles. The third-order valence-electron chi connectivity index (χ3n) is 7.81. The van der Waals surface area contributed by atoms with Crippen molar-refractivity contribution >= 4 is 57.9 Å². The number of anilines is 3. The Bertz CT molecular complexity index is 1850. The molecule has 46 heavy (non-hydrogen) atoms. The summed E-state index contributed by atoms with van der Waals surface area (Å²) in [5, 5.41) is 14.8. The lowest BCUT2D eigenvalue weighted by Gasteiger charge is -2.29. The molecule has 11 heteroatoms. The summed E-state index contributed by atoms with van der Waals surface area (Å²) in [6, 6.07) is 24.2. The van der Waals surface area contributed by atoms with Crippen molar-refractivity contribution < 1.29 is 19.5 Å². The maximum atomic E-state index is 13.5. The maximum Gasteiger partial charge on any atom is 0.304 e. The summed E-state index contributed by atoms with van der Waals surface area (Å²) in [5.41, 5.74) is 6.28. The lowest BCUT2D eigenvalue weighted by Crippen LogP contribution is -2.29. The fraction of sp³-hybridized carbons (Fsp3) is 0.229. The molecule has 5 aromatic rings. The fourth-order valence-corrected chi connectivity index (χ4v) is 6.34. The lowest BCUT2D eigenvalue weighted by molar-refractivity contribution is -0.136. The van der Waals surface area contributed by atoms with Crippen LogP contribution >= 0.6 is 11.8 Å². The van der Waals surface area contributed by atoms with E-state index in [0.717, 1.165) is 48.2 Å². The number of carbonyl (C=O) groups excluding carboxylic acids is 2. The molecule has 3 aromatic carbocycles. The van der Waals surface area contributed by atoms with Gasteiger partial charge in [0.2, 0.25) is 5.95 Å². The number of carboxylic acid groups (broad SMARTS) is 1. The zero-order valence-corrected chi connectivity index (χ0v) is 26.0. The number of imidazole rings is 1. The smallest absolute Gasteiger partial charge is 0.304 e. The third kappa shape index (κ3) is 7.55. The number of thioether (sulfide) groups is 1. The molecule has 10 nitrogen and oxygen atoms in total. The number of aliphatic carboxylic acids is 1. The number of hydrogen-bond donors (Lipinski definition) is 4. The first kappa shape index (κ1) is 30.8. The highest BCUT2D eigenvalue weighted by Crippen LogP contribution is 2.33. The summed E-state index contributed by atoms with van der Waals surface area (Å²) < 4.78 is 0. The Morgan fingerprint density at radius 2 is 1.67 bits per heavy atom. The first-order valence-electron chi connectivity index (χ1n) is 15.2. The Hall–Kier alpha value is -5.16. The number of piperidine rings is 1. The number of rotatable bonds is 11. The van der Waals surface area contributed by atoms with Gasteiger partial charge in [0.1, 0.15) is 0 Å². The van der Waals surface area contributed by atoms with Crippen LogP contribution in [0.25, 0.3) is 22.3 Å². The number of nitrogens with zero attached hydrogens (tertiary/aromatic N) is 3. The molecule has 0 saturated carbocycles. The second-order valence-electron chi connectivity index (χ2n) is 11.1. The largest absolute Gasteiger partial charge is 0.481 e. The van der Waals surface area contributed by atoms with Crippen LogP contribution in [0.3, 0.4) is 0 Å². The van der Waals surface area contributed by atoms with Crippen LogP contribution in [0.4, 0.5) is 17.3 Å². The van der Waals surface area contributed by atoms with Crippen LogP contribution in [-0.4, -0.2) is 56.7 Å². The summed E-state index contributed by atoms with van der Waals surface area (Å²) in [6.45, 7) is 1.91. The van der Waals surface area contributed by atoms with E-state index in [1.165, 1.54) is 18.2 Å². The highest BCUT2D eigenvalue weighted by Gasteiger charge is 2.18. The first-order chi connectivity index (χ1) is 22.4. The number of carboxylic acids is 1. The molecule has 1 aliphatic rings. The number of aromatic amines is 1. The van der Waals surface area contributed by atoms with Crippen molar-refractivity contribution in [2.24, 2.45) is 0 Å². The second-order valence-corrected chi connectivity index (χ2v) is 12.2. The van der Waals surface area contributed by atoms with Crippen LogP contribution in [0.2, 0.25) is 0 Å². The zero-order chi connectivity index (χ0) is 31.9. The van der Waals surface area contributed by atoms with Crippen molar-refractivity contribution in [3.05, 3.63) is 102 Å². The molecular weight excluding hydrogens is 600 g/mol. The number of benzene rings is 3. The van der Waals surface area contributed by atoms with E-state index in [0.29, 0.717) is 45.5 Å². The van der Waals surface area contributed by atoms with Gasteiger partial charge in [-0.2, -0.15) is 11.8 Å². The van der Waals surface area contributed by atoms with E-state index < -0.39 is 5.97 Å². The number of H-pyrrole nitrogens is 1. The van der Waals surface area contributed by atoms with Crippen LogP contribution in [-0.2, 0) is 10.5 Å². The number of amides is 2. The van der Waals surface area contributed by atoms with Crippen molar-refractivity contribution in [3.63, 3.8) is 0 Å². The highest BCUT2D eigenvalue weighted by atomic mass is 32.2. The summed E-state index contributed by atoms with van der Waals surface area (Å²) in [7, 11) is 0. The lowest BCUT2D eigenvalue weighted by atomic mass is 10.0. The van der Waals surface area contributed by atoms with Crippen LogP contribution in [0.1, 0.15) is 52.0 Å². The Morgan fingerprint density at radius 3 is 2.50 bits per heavy atom. The van der Waals surface area contributed by atoms with Gasteiger partial charge in [-0.1, -0.05) is 24.3 Å². The molecule has 1 aliphatic heterocycles. The Balaban J connectivity index is 1.26. The van der Waals surface area contributed by atoms with Gasteiger partial charge in [-0.25, -0.2) is 4.98 Å². The topological polar surface area (TPSA) is 140 Å².